The highest BCUT2D eigenvalue weighted by atomic mass is 32.2. The first-order chi connectivity index (χ1) is 10.4. The zero-order valence-corrected chi connectivity index (χ0v) is 13.1. The molecule has 7 heteroatoms. The highest BCUT2D eigenvalue weighted by Crippen LogP contribution is 2.18. The second-order valence-corrected chi connectivity index (χ2v) is 7.34. The number of rotatable bonds is 4. The van der Waals surface area contributed by atoms with Gasteiger partial charge in [-0.05, 0) is 37.0 Å². The Morgan fingerprint density at radius 3 is 2.68 bits per heavy atom. The Balaban J connectivity index is 2.18. The number of nitriles is 1. The molecule has 22 heavy (non-hydrogen) atoms. The molecule has 1 aromatic carbocycles. The van der Waals surface area contributed by atoms with E-state index in [-0.39, 0.29) is 16.0 Å². The fourth-order valence-electron chi connectivity index (χ4n) is 2.38. The van der Waals surface area contributed by atoms with Crippen molar-refractivity contribution in [1.82, 2.24) is 5.32 Å². The van der Waals surface area contributed by atoms with E-state index in [4.69, 9.17) is 10.00 Å². The van der Waals surface area contributed by atoms with Crippen LogP contribution in [0.3, 0.4) is 0 Å². The Labute approximate surface area is 130 Å². The lowest BCUT2D eigenvalue weighted by Gasteiger charge is -2.22. The van der Waals surface area contributed by atoms with Gasteiger partial charge in [0, 0.05) is 26.0 Å². The first-order valence-electron chi connectivity index (χ1n) is 7.02. The molecule has 0 atom stereocenters. The predicted molar refractivity (Wildman–Crippen MR) is 80.1 cm³/mol. The third-order valence-electron chi connectivity index (χ3n) is 3.64. The van der Waals surface area contributed by atoms with Crippen molar-refractivity contribution in [3.05, 3.63) is 29.3 Å². The molecule has 0 spiro atoms. The fraction of sp³-hybridized carbons (Fsp3) is 0.467. The highest BCUT2D eigenvalue weighted by molar-refractivity contribution is 7.90. The summed E-state index contributed by atoms with van der Waals surface area (Å²) in [4.78, 5) is 12.2. The Bertz CT molecular complexity index is 701. The topological polar surface area (TPSA) is 96.3 Å². The Morgan fingerprint density at radius 2 is 2.09 bits per heavy atom. The van der Waals surface area contributed by atoms with Crippen molar-refractivity contribution in [3.63, 3.8) is 0 Å². The van der Waals surface area contributed by atoms with E-state index < -0.39 is 15.7 Å². The normalized spacial score (nSPS) is 16.0. The molecule has 118 valence electrons. The molecule has 1 N–H and O–H groups in total. The molecule has 0 bridgehead atoms. The van der Waals surface area contributed by atoms with Crippen LogP contribution in [0.2, 0.25) is 0 Å². The van der Waals surface area contributed by atoms with Crippen LogP contribution >= 0.6 is 0 Å². The third kappa shape index (κ3) is 4.06. The number of carbonyl (C=O) groups excluding carboxylic acids is 1. The smallest absolute Gasteiger partial charge is 0.252 e. The van der Waals surface area contributed by atoms with Gasteiger partial charge in [0.05, 0.1) is 22.1 Å². The maximum Gasteiger partial charge on any atom is 0.252 e. The van der Waals surface area contributed by atoms with Crippen LogP contribution in [0.1, 0.15) is 28.8 Å². The van der Waals surface area contributed by atoms with Crippen LogP contribution in [-0.4, -0.2) is 40.3 Å². The molecule has 1 aromatic rings. The van der Waals surface area contributed by atoms with Crippen molar-refractivity contribution in [3.8, 4) is 6.07 Å². The summed E-state index contributed by atoms with van der Waals surface area (Å²) in [6, 6.07) is 5.93. The number of benzene rings is 1. The quantitative estimate of drug-likeness (QED) is 0.896. The van der Waals surface area contributed by atoms with Crippen LogP contribution in [0, 0.1) is 17.2 Å². The van der Waals surface area contributed by atoms with Gasteiger partial charge in [-0.3, -0.25) is 4.79 Å². The second kappa shape index (κ2) is 6.90. The zero-order valence-electron chi connectivity index (χ0n) is 12.3. The molecule has 1 aliphatic rings. The van der Waals surface area contributed by atoms with Gasteiger partial charge in [-0.25, -0.2) is 8.42 Å². The van der Waals surface area contributed by atoms with E-state index in [0.717, 1.165) is 19.1 Å². The minimum atomic E-state index is -3.54. The molecule has 0 aliphatic carbocycles. The van der Waals surface area contributed by atoms with E-state index in [9.17, 15) is 13.2 Å². The van der Waals surface area contributed by atoms with Crippen LogP contribution in [0.4, 0.5) is 0 Å². The summed E-state index contributed by atoms with van der Waals surface area (Å²) in [5.41, 5.74) is 0.275. The van der Waals surface area contributed by atoms with E-state index in [1.54, 1.807) is 0 Å². The van der Waals surface area contributed by atoms with E-state index in [0.29, 0.717) is 25.7 Å². The maximum absolute atomic E-state index is 12.3. The molecular formula is C15H18N2O4S. The van der Waals surface area contributed by atoms with Gasteiger partial charge in [0.15, 0.2) is 9.84 Å². The van der Waals surface area contributed by atoms with Gasteiger partial charge in [-0.2, -0.15) is 5.26 Å². The Morgan fingerprint density at radius 1 is 1.41 bits per heavy atom. The lowest BCUT2D eigenvalue weighted by atomic mass is 10.0. The summed E-state index contributed by atoms with van der Waals surface area (Å²) in [7, 11) is -3.54. The molecule has 0 aromatic heterocycles. The number of nitrogens with zero attached hydrogens (tertiary/aromatic N) is 1. The van der Waals surface area contributed by atoms with Crippen molar-refractivity contribution in [1.29, 1.82) is 5.26 Å². The predicted octanol–water partition coefficient (Wildman–Crippen LogP) is 1.12. The van der Waals surface area contributed by atoms with Gasteiger partial charge in [-0.1, -0.05) is 0 Å². The van der Waals surface area contributed by atoms with Crippen molar-refractivity contribution in [2.45, 2.75) is 17.7 Å². The van der Waals surface area contributed by atoms with E-state index in [1.165, 1.54) is 18.2 Å². The van der Waals surface area contributed by atoms with Crippen LogP contribution in [-0.2, 0) is 14.6 Å². The average molecular weight is 322 g/mol. The van der Waals surface area contributed by atoms with Gasteiger partial charge in [0.2, 0.25) is 0 Å². The summed E-state index contributed by atoms with van der Waals surface area (Å²) < 4.78 is 28.8. The monoisotopic (exact) mass is 322 g/mol. The second-order valence-electron chi connectivity index (χ2n) is 5.36. The van der Waals surface area contributed by atoms with Crippen molar-refractivity contribution >= 4 is 15.7 Å². The van der Waals surface area contributed by atoms with Crippen LogP contribution in [0.5, 0.6) is 0 Å². The number of hydrogen-bond donors (Lipinski definition) is 1. The number of amides is 1. The molecule has 6 nitrogen and oxygen atoms in total. The zero-order chi connectivity index (χ0) is 16.2. The van der Waals surface area contributed by atoms with Crippen molar-refractivity contribution in [2.75, 3.05) is 26.0 Å². The number of sulfone groups is 1. The number of nitrogens with one attached hydrogen (secondary N) is 1. The molecule has 2 rings (SSSR count). The van der Waals surface area contributed by atoms with Gasteiger partial charge >= 0.3 is 0 Å². The summed E-state index contributed by atoms with van der Waals surface area (Å²) in [6.07, 6.45) is 2.79. The first-order valence-corrected chi connectivity index (χ1v) is 8.91. The molecule has 1 amide bonds. The standard InChI is InChI=1S/C15H18N2O4S/c1-22(19,20)14-3-2-12(9-16)8-13(14)15(18)17-10-11-4-6-21-7-5-11/h2-3,8,11H,4-7,10H2,1H3,(H,17,18). The van der Waals surface area contributed by atoms with Gasteiger partial charge in [0.25, 0.3) is 5.91 Å². The molecule has 1 heterocycles. The molecule has 1 saturated heterocycles. The summed E-state index contributed by atoms with van der Waals surface area (Å²) in [5, 5.41) is 11.7. The number of ether oxygens (including phenoxy) is 1. The maximum atomic E-state index is 12.3. The van der Waals surface area contributed by atoms with Crippen LogP contribution in [0.15, 0.2) is 23.1 Å². The highest BCUT2D eigenvalue weighted by Gasteiger charge is 2.21. The molecule has 0 radical (unpaired) electrons. The lowest BCUT2D eigenvalue weighted by Crippen LogP contribution is -2.32. The average Bonchev–Trinajstić information content (AvgIpc) is 2.52. The number of hydrogen-bond acceptors (Lipinski definition) is 5. The van der Waals surface area contributed by atoms with Gasteiger partial charge in [-0.15, -0.1) is 0 Å². The van der Waals surface area contributed by atoms with E-state index in [1.807, 2.05) is 6.07 Å². The molecule has 0 saturated carbocycles. The fourth-order valence-corrected chi connectivity index (χ4v) is 3.25. The van der Waals surface area contributed by atoms with Crippen molar-refractivity contribution in [2.24, 2.45) is 5.92 Å². The molecular weight excluding hydrogens is 304 g/mol. The minimum Gasteiger partial charge on any atom is -0.381 e. The Hall–Kier alpha value is -1.91. The van der Waals surface area contributed by atoms with Crippen molar-refractivity contribution < 1.29 is 17.9 Å². The van der Waals surface area contributed by atoms with Crippen LogP contribution in [0.25, 0.3) is 0 Å². The third-order valence-corrected chi connectivity index (χ3v) is 4.80. The summed E-state index contributed by atoms with van der Waals surface area (Å²) in [5.74, 6) is -0.137. The largest absolute Gasteiger partial charge is 0.381 e. The molecule has 0 unspecified atom stereocenters. The minimum absolute atomic E-state index is 0.0219. The summed E-state index contributed by atoms with van der Waals surface area (Å²) >= 11 is 0. The summed E-state index contributed by atoms with van der Waals surface area (Å²) in [6.45, 7) is 1.83. The number of carbonyl (C=O) groups is 1. The van der Waals surface area contributed by atoms with Gasteiger partial charge < -0.3 is 10.1 Å². The van der Waals surface area contributed by atoms with E-state index >= 15 is 0 Å². The van der Waals surface area contributed by atoms with E-state index in [2.05, 4.69) is 5.32 Å². The van der Waals surface area contributed by atoms with Gasteiger partial charge in [0.1, 0.15) is 0 Å². The molecule has 1 aliphatic heterocycles. The molecule has 1 fully saturated rings. The SMILES string of the molecule is CS(=O)(=O)c1ccc(C#N)cc1C(=O)NCC1CCOCC1. The first kappa shape index (κ1) is 16.5. The lowest BCUT2D eigenvalue weighted by molar-refractivity contribution is 0.0642. The Kier molecular flexibility index (Phi) is 5.16. The van der Waals surface area contributed by atoms with Crippen LogP contribution < -0.4 is 5.32 Å².